The second-order valence-corrected chi connectivity index (χ2v) is 8.81. The fourth-order valence-corrected chi connectivity index (χ4v) is 4.64. The maximum absolute atomic E-state index is 13.4. The van der Waals surface area contributed by atoms with Crippen molar-refractivity contribution in [1.29, 1.82) is 0 Å². The van der Waals surface area contributed by atoms with Gasteiger partial charge < -0.3 is 20.1 Å². The highest BCUT2D eigenvalue weighted by molar-refractivity contribution is 8.13. The number of nitrogens with one attached hydrogen (secondary N) is 2. The summed E-state index contributed by atoms with van der Waals surface area (Å²) in [4.78, 5) is 18.3. The third kappa shape index (κ3) is 5.84. The smallest absolute Gasteiger partial charge is 0.255 e. The summed E-state index contributed by atoms with van der Waals surface area (Å²) < 4.78 is 24.2. The minimum absolute atomic E-state index is 0.254. The molecule has 6 nitrogen and oxygen atoms in total. The molecule has 0 aromatic heterocycles. The number of amidine groups is 1. The summed E-state index contributed by atoms with van der Waals surface area (Å²) in [5.41, 5.74) is 3.58. The third-order valence-electron chi connectivity index (χ3n) is 5.52. The second kappa shape index (κ2) is 11.1. The van der Waals surface area contributed by atoms with Crippen molar-refractivity contribution in [1.82, 2.24) is 5.32 Å². The van der Waals surface area contributed by atoms with Crippen LogP contribution in [0.5, 0.6) is 11.5 Å². The zero-order chi connectivity index (χ0) is 24.8. The van der Waals surface area contributed by atoms with E-state index in [1.807, 2.05) is 49.4 Å². The van der Waals surface area contributed by atoms with Gasteiger partial charge in [-0.2, -0.15) is 0 Å². The van der Waals surface area contributed by atoms with Gasteiger partial charge in [-0.1, -0.05) is 42.1 Å². The molecule has 1 amide bonds. The first-order valence-electron chi connectivity index (χ1n) is 11.0. The van der Waals surface area contributed by atoms with Crippen molar-refractivity contribution in [2.45, 2.75) is 18.7 Å². The lowest BCUT2D eigenvalue weighted by Crippen LogP contribution is -2.32. The third-order valence-corrected chi connectivity index (χ3v) is 6.48. The lowest BCUT2D eigenvalue weighted by atomic mass is 9.95. The molecule has 1 heterocycles. The fourth-order valence-electron chi connectivity index (χ4n) is 3.74. The van der Waals surface area contributed by atoms with Gasteiger partial charge in [0.15, 0.2) is 5.17 Å². The second-order valence-electron chi connectivity index (χ2n) is 7.84. The van der Waals surface area contributed by atoms with Crippen molar-refractivity contribution >= 4 is 28.5 Å². The molecule has 0 saturated heterocycles. The summed E-state index contributed by atoms with van der Waals surface area (Å²) in [7, 11) is 3.16. The quantitative estimate of drug-likeness (QED) is 0.444. The highest BCUT2D eigenvalue weighted by atomic mass is 32.2. The van der Waals surface area contributed by atoms with Gasteiger partial charge in [-0.3, -0.25) is 4.79 Å². The average molecular weight is 492 g/mol. The van der Waals surface area contributed by atoms with E-state index in [9.17, 15) is 9.18 Å². The van der Waals surface area contributed by atoms with Crippen LogP contribution in [-0.2, 0) is 10.5 Å². The molecule has 3 aromatic carbocycles. The predicted molar refractivity (Wildman–Crippen MR) is 138 cm³/mol. The summed E-state index contributed by atoms with van der Waals surface area (Å²) in [6, 6.07) is 20.5. The molecular weight excluding hydrogens is 465 g/mol. The highest BCUT2D eigenvalue weighted by Crippen LogP contribution is 2.39. The van der Waals surface area contributed by atoms with Crippen LogP contribution in [0.15, 0.2) is 89.1 Å². The zero-order valence-corrected chi connectivity index (χ0v) is 20.5. The lowest BCUT2D eigenvalue weighted by Gasteiger charge is -2.27. The molecule has 1 aliphatic heterocycles. The first-order chi connectivity index (χ1) is 17.0. The molecule has 0 fully saturated rings. The first kappa shape index (κ1) is 24.3. The maximum atomic E-state index is 13.4. The molecule has 180 valence electrons. The largest absolute Gasteiger partial charge is 0.497 e. The Morgan fingerprint density at radius 1 is 1.06 bits per heavy atom. The molecule has 0 aliphatic carbocycles. The molecule has 2 N–H and O–H groups in total. The molecule has 1 aliphatic rings. The number of para-hydroxylation sites is 1. The van der Waals surface area contributed by atoms with Gasteiger partial charge in [0.2, 0.25) is 0 Å². The number of amides is 1. The van der Waals surface area contributed by atoms with Crippen LogP contribution in [-0.4, -0.2) is 25.3 Å². The molecule has 4 rings (SSSR count). The summed E-state index contributed by atoms with van der Waals surface area (Å²) in [6.07, 6.45) is 0. The number of allylic oxidation sites excluding steroid dienone is 1. The minimum Gasteiger partial charge on any atom is -0.497 e. The number of hydrogen-bond donors (Lipinski definition) is 2. The van der Waals surface area contributed by atoms with Crippen LogP contribution in [0.4, 0.5) is 10.1 Å². The fraction of sp³-hybridized carbons (Fsp3) is 0.185. The zero-order valence-electron chi connectivity index (χ0n) is 19.7. The highest BCUT2D eigenvalue weighted by Gasteiger charge is 2.31. The number of hydrogen-bond acceptors (Lipinski definition) is 6. The van der Waals surface area contributed by atoms with E-state index in [0.29, 0.717) is 39.4 Å². The van der Waals surface area contributed by atoms with Crippen molar-refractivity contribution in [3.8, 4) is 11.5 Å². The van der Waals surface area contributed by atoms with Gasteiger partial charge in [-0.15, -0.1) is 0 Å². The van der Waals surface area contributed by atoms with Crippen LogP contribution in [0.1, 0.15) is 24.1 Å². The lowest BCUT2D eigenvalue weighted by molar-refractivity contribution is -0.113. The van der Waals surface area contributed by atoms with Gasteiger partial charge in [0, 0.05) is 28.8 Å². The Balaban J connectivity index is 1.67. The Hall–Kier alpha value is -3.78. The van der Waals surface area contributed by atoms with E-state index in [0.717, 1.165) is 11.1 Å². The maximum Gasteiger partial charge on any atom is 0.255 e. The van der Waals surface area contributed by atoms with Crippen LogP contribution in [0.2, 0.25) is 0 Å². The Bertz CT molecular complexity index is 1260. The van der Waals surface area contributed by atoms with Gasteiger partial charge in [0.05, 0.1) is 19.8 Å². The minimum atomic E-state index is -0.600. The van der Waals surface area contributed by atoms with Crippen LogP contribution in [0, 0.1) is 5.82 Å². The summed E-state index contributed by atoms with van der Waals surface area (Å²) in [5, 5.41) is 6.89. The number of methoxy groups -OCH3 is 2. The number of ether oxygens (including phenoxy) is 2. The van der Waals surface area contributed by atoms with Gasteiger partial charge in [-0.25, -0.2) is 9.38 Å². The summed E-state index contributed by atoms with van der Waals surface area (Å²) in [6.45, 7) is 1.86. The SMILES string of the molecule is COc1ccc([C@@H]2N=C(SCc3ccc(F)cc3)NC(C)=C2C(=O)Nc2ccccc2)c(OC)c1. The molecule has 0 unspecified atom stereocenters. The van der Waals surface area contributed by atoms with E-state index in [4.69, 9.17) is 14.5 Å². The Labute approximate surface area is 208 Å². The number of carbonyl (C=O) groups is 1. The number of anilines is 1. The van der Waals surface area contributed by atoms with Crippen molar-refractivity contribution in [3.63, 3.8) is 0 Å². The number of thioether (sulfide) groups is 1. The number of carbonyl (C=O) groups excluding carboxylic acids is 1. The van der Waals surface area contributed by atoms with Crippen LogP contribution in [0.25, 0.3) is 0 Å². The Kier molecular flexibility index (Phi) is 7.72. The normalized spacial score (nSPS) is 15.2. The molecule has 0 bridgehead atoms. The van der Waals surface area contributed by atoms with E-state index in [1.54, 1.807) is 32.4 Å². The average Bonchev–Trinajstić information content (AvgIpc) is 2.88. The number of rotatable bonds is 7. The van der Waals surface area contributed by atoms with E-state index in [2.05, 4.69) is 10.6 Å². The Morgan fingerprint density at radius 2 is 1.80 bits per heavy atom. The number of aliphatic imine (C=N–C) groups is 1. The summed E-state index contributed by atoms with van der Waals surface area (Å²) >= 11 is 1.48. The van der Waals surface area contributed by atoms with Crippen molar-refractivity contribution in [2.75, 3.05) is 19.5 Å². The predicted octanol–water partition coefficient (Wildman–Crippen LogP) is 5.69. The van der Waals surface area contributed by atoms with E-state index >= 15 is 0 Å². The molecule has 0 spiro atoms. The van der Waals surface area contributed by atoms with Gasteiger partial charge in [0.1, 0.15) is 23.4 Å². The molecule has 0 saturated carbocycles. The summed E-state index contributed by atoms with van der Waals surface area (Å²) in [5.74, 6) is 1.28. The van der Waals surface area contributed by atoms with Gasteiger partial charge in [-0.05, 0) is 48.9 Å². The van der Waals surface area contributed by atoms with E-state index in [-0.39, 0.29) is 11.7 Å². The van der Waals surface area contributed by atoms with Crippen LogP contribution < -0.4 is 20.1 Å². The van der Waals surface area contributed by atoms with Crippen molar-refractivity contribution < 1.29 is 18.7 Å². The van der Waals surface area contributed by atoms with E-state index < -0.39 is 6.04 Å². The van der Waals surface area contributed by atoms with E-state index in [1.165, 1.54) is 23.9 Å². The van der Waals surface area contributed by atoms with Gasteiger partial charge in [0.25, 0.3) is 5.91 Å². The topological polar surface area (TPSA) is 72.0 Å². The van der Waals surface area contributed by atoms with Crippen molar-refractivity contribution in [3.05, 3.63) is 101 Å². The van der Waals surface area contributed by atoms with Crippen LogP contribution >= 0.6 is 11.8 Å². The first-order valence-corrected chi connectivity index (χ1v) is 12.0. The number of halogens is 1. The molecule has 3 aromatic rings. The van der Waals surface area contributed by atoms with Crippen molar-refractivity contribution in [2.24, 2.45) is 4.99 Å². The molecule has 0 radical (unpaired) electrons. The van der Waals surface area contributed by atoms with Gasteiger partial charge >= 0.3 is 0 Å². The standard InChI is InChI=1S/C27H26FN3O3S/c1-17-24(26(32)30-20-7-5-4-6-8-20)25(22-14-13-21(33-2)15-23(22)34-3)31-27(29-17)35-16-18-9-11-19(28)12-10-18/h4-15,25H,16H2,1-3H3,(H,29,31)(H,30,32)/t25-/m0/s1. The number of nitrogens with zero attached hydrogens (tertiary/aromatic N) is 1. The van der Waals surface area contributed by atoms with Crippen LogP contribution in [0.3, 0.4) is 0 Å². The number of benzene rings is 3. The monoisotopic (exact) mass is 491 g/mol. The molecule has 8 heteroatoms. The molecule has 35 heavy (non-hydrogen) atoms. The Morgan fingerprint density at radius 3 is 2.49 bits per heavy atom. The molecular formula is C27H26FN3O3S. The molecule has 1 atom stereocenters.